The molecule has 0 saturated heterocycles. The van der Waals surface area contributed by atoms with Crippen LogP contribution in [0.3, 0.4) is 0 Å². The minimum absolute atomic E-state index is 0.00135. The fraction of sp³-hybridized carbons (Fsp3) is 0.0455. The number of ketones is 1. The van der Waals surface area contributed by atoms with Crippen molar-refractivity contribution in [2.24, 2.45) is 0 Å². The Morgan fingerprint density at radius 1 is 0.931 bits per heavy atom. The van der Waals surface area contributed by atoms with Crippen molar-refractivity contribution >= 4 is 28.4 Å². The van der Waals surface area contributed by atoms with E-state index in [0.717, 1.165) is 23.3 Å². The molecule has 1 aromatic heterocycles. The fourth-order valence-corrected chi connectivity index (χ4v) is 3.04. The highest BCUT2D eigenvalue weighted by atomic mass is 19.1. The third kappa shape index (κ3) is 3.62. The first-order chi connectivity index (χ1) is 13.9. The second-order valence-electron chi connectivity index (χ2n) is 6.54. The number of aromatic amines is 1. The molecule has 0 aliphatic rings. The summed E-state index contributed by atoms with van der Waals surface area (Å²) in [5, 5.41) is 10.1. The van der Waals surface area contributed by atoms with Crippen LogP contribution < -0.4 is 5.32 Å². The third-order valence-corrected chi connectivity index (χ3v) is 4.60. The molecule has 1 heterocycles. The van der Waals surface area contributed by atoms with Crippen LogP contribution >= 0.6 is 0 Å². The minimum atomic E-state index is -0.946. The number of nitrogens with one attached hydrogen (secondary N) is 2. The molecule has 0 atom stereocenters. The molecule has 0 bridgehead atoms. The van der Waals surface area contributed by atoms with Gasteiger partial charge in [0.1, 0.15) is 11.6 Å². The van der Waals surface area contributed by atoms with E-state index in [1.807, 2.05) is 24.3 Å². The van der Waals surface area contributed by atoms with Gasteiger partial charge in [0.05, 0.1) is 11.1 Å². The van der Waals surface area contributed by atoms with Crippen LogP contribution in [0.2, 0.25) is 0 Å². The molecule has 0 spiro atoms. The maximum absolute atomic E-state index is 13.8. The van der Waals surface area contributed by atoms with Gasteiger partial charge < -0.3 is 5.32 Å². The van der Waals surface area contributed by atoms with Crippen LogP contribution in [0, 0.1) is 11.6 Å². The van der Waals surface area contributed by atoms with Gasteiger partial charge in [-0.05, 0) is 42.3 Å². The molecule has 0 radical (unpaired) electrons. The number of amides is 1. The van der Waals surface area contributed by atoms with Gasteiger partial charge in [-0.25, -0.2) is 8.78 Å². The zero-order valence-corrected chi connectivity index (χ0v) is 15.3. The lowest BCUT2D eigenvalue weighted by atomic mass is 10.0. The Hall–Kier alpha value is -3.87. The second-order valence-corrected chi connectivity index (χ2v) is 6.54. The van der Waals surface area contributed by atoms with Crippen molar-refractivity contribution in [1.82, 2.24) is 10.2 Å². The normalized spacial score (nSPS) is 10.9. The maximum Gasteiger partial charge on any atom is 0.259 e. The number of fused-ring (bicyclic) bond motifs is 1. The van der Waals surface area contributed by atoms with Crippen LogP contribution in [-0.2, 0) is 0 Å². The third-order valence-electron chi connectivity index (χ3n) is 4.60. The van der Waals surface area contributed by atoms with Crippen molar-refractivity contribution < 1.29 is 18.4 Å². The van der Waals surface area contributed by atoms with E-state index >= 15 is 0 Å². The van der Waals surface area contributed by atoms with Crippen molar-refractivity contribution in [2.75, 3.05) is 5.32 Å². The SMILES string of the molecule is CC(=O)c1ccc(-c2ccc3c(NC(=O)c4ccc(F)cc4F)n[nH]c3c2)cc1. The summed E-state index contributed by atoms with van der Waals surface area (Å²) in [5.74, 6) is -2.18. The average molecular weight is 391 g/mol. The first kappa shape index (κ1) is 18.5. The lowest BCUT2D eigenvalue weighted by Gasteiger charge is -2.05. The predicted molar refractivity (Wildman–Crippen MR) is 106 cm³/mol. The zero-order chi connectivity index (χ0) is 20.5. The molecule has 2 N–H and O–H groups in total. The number of nitrogens with zero attached hydrogens (tertiary/aromatic N) is 1. The first-order valence-corrected chi connectivity index (χ1v) is 8.78. The van der Waals surface area contributed by atoms with E-state index in [-0.39, 0.29) is 17.2 Å². The van der Waals surface area contributed by atoms with Crippen molar-refractivity contribution in [2.45, 2.75) is 6.92 Å². The standard InChI is InChI=1S/C22H15F2N3O2/c1-12(28)13-2-4-14(5-3-13)15-6-8-18-20(10-15)26-27-21(18)25-22(29)17-9-7-16(23)11-19(17)24/h2-11H,1H3,(H2,25,26,27,29). The van der Waals surface area contributed by atoms with E-state index in [1.54, 1.807) is 18.2 Å². The number of H-pyrrole nitrogens is 1. The van der Waals surface area contributed by atoms with Crippen LogP contribution in [0.5, 0.6) is 0 Å². The number of carbonyl (C=O) groups excluding carboxylic acids is 2. The molecule has 0 aliphatic carbocycles. The monoisotopic (exact) mass is 391 g/mol. The van der Waals surface area contributed by atoms with Gasteiger partial charge in [0.15, 0.2) is 11.6 Å². The Bertz CT molecular complexity index is 1250. The van der Waals surface area contributed by atoms with Crippen LogP contribution in [-0.4, -0.2) is 21.9 Å². The Morgan fingerprint density at radius 2 is 1.66 bits per heavy atom. The molecule has 4 aromatic rings. The highest BCUT2D eigenvalue weighted by molar-refractivity contribution is 6.08. The lowest BCUT2D eigenvalue weighted by molar-refractivity contribution is 0.101. The molecule has 144 valence electrons. The van der Waals surface area contributed by atoms with Crippen LogP contribution in [0.25, 0.3) is 22.0 Å². The lowest BCUT2D eigenvalue weighted by Crippen LogP contribution is -2.14. The van der Waals surface area contributed by atoms with Gasteiger partial charge in [-0.15, -0.1) is 0 Å². The first-order valence-electron chi connectivity index (χ1n) is 8.78. The Labute approximate surface area is 164 Å². The smallest absolute Gasteiger partial charge is 0.259 e. The van der Waals surface area contributed by atoms with Crippen molar-refractivity contribution in [3.8, 4) is 11.1 Å². The van der Waals surface area contributed by atoms with E-state index in [2.05, 4.69) is 15.5 Å². The Balaban J connectivity index is 1.61. The Kier molecular flexibility index (Phi) is 4.64. The molecule has 3 aromatic carbocycles. The number of benzene rings is 3. The van der Waals surface area contributed by atoms with E-state index < -0.39 is 17.5 Å². The van der Waals surface area contributed by atoms with Crippen LogP contribution in [0.15, 0.2) is 60.7 Å². The topological polar surface area (TPSA) is 74.8 Å². The number of halogens is 2. The van der Waals surface area contributed by atoms with E-state index in [4.69, 9.17) is 0 Å². The molecule has 4 rings (SSSR count). The molecule has 1 amide bonds. The fourth-order valence-electron chi connectivity index (χ4n) is 3.04. The van der Waals surface area contributed by atoms with Gasteiger partial charge in [0, 0.05) is 17.0 Å². The summed E-state index contributed by atoms with van der Waals surface area (Å²) in [7, 11) is 0. The van der Waals surface area contributed by atoms with E-state index in [0.29, 0.717) is 22.5 Å². The quantitative estimate of drug-likeness (QED) is 0.483. The molecule has 7 heteroatoms. The molecule has 0 saturated carbocycles. The summed E-state index contributed by atoms with van der Waals surface area (Å²) in [5.41, 5.74) is 2.86. The molecular formula is C22H15F2N3O2. The summed E-state index contributed by atoms with van der Waals surface area (Å²) in [6.07, 6.45) is 0. The summed E-state index contributed by atoms with van der Waals surface area (Å²) in [6, 6.07) is 15.5. The maximum atomic E-state index is 13.8. The molecular weight excluding hydrogens is 376 g/mol. The van der Waals surface area contributed by atoms with Gasteiger partial charge in [-0.1, -0.05) is 30.3 Å². The Morgan fingerprint density at radius 3 is 2.34 bits per heavy atom. The highest BCUT2D eigenvalue weighted by Gasteiger charge is 2.16. The zero-order valence-electron chi connectivity index (χ0n) is 15.3. The molecule has 0 fully saturated rings. The number of anilines is 1. The summed E-state index contributed by atoms with van der Waals surface area (Å²) in [4.78, 5) is 23.7. The molecule has 0 aliphatic heterocycles. The number of carbonyl (C=O) groups is 2. The largest absolute Gasteiger partial charge is 0.304 e. The van der Waals surface area contributed by atoms with E-state index in [1.165, 1.54) is 6.92 Å². The number of Topliss-reactive ketones (excluding diaryl/α,β-unsaturated/α-hetero) is 1. The molecule has 0 unspecified atom stereocenters. The molecule has 29 heavy (non-hydrogen) atoms. The number of aromatic nitrogens is 2. The number of rotatable bonds is 4. The predicted octanol–water partition coefficient (Wildman–Crippen LogP) is 4.96. The van der Waals surface area contributed by atoms with Gasteiger partial charge in [0.25, 0.3) is 5.91 Å². The highest BCUT2D eigenvalue weighted by Crippen LogP contribution is 2.27. The van der Waals surface area contributed by atoms with Crippen LogP contribution in [0.1, 0.15) is 27.6 Å². The average Bonchev–Trinajstić information content (AvgIpc) is 3.10. The van der Waals surface area contributed by atoms with Gasteiger partial charge in [-0.3, -0.25) is 14.7 Å². The summed E-state index contributed by atoms with van der Waals surface area (Å²) in [6.45, 7) is 1.51. The van der Waals surface area contributed by atoms with Crippen LogP contribution in [0.4, 0.5) is 14.6 Å². The van der Waals surface area contributed by atoms with Crippen molar-refractivity contribution in [3.05, 3.63) is 83.4 Å². The van der Waals surface area contributed by atoms with Gasteiger partial charge >= 0.3 is 0 Å². The number of hydrogen-bond donors (Lipinski definition) is 2. The van der Waals surface area contributed by atoms with E-state index in [9.17, 15) is 18.4 Å². The molecule has 5 nitrogen and oxygen atoms in total. The minimum Gasteiger partial charge on any atom is -0.304 e. The van der Waals surface area contributed by atoms with Crippen molar-refractivity contribution in [3.63, 3.8) is 0 Å². The van der Waals surface area contributed by atoms with Gasteiger partial charge in [0.2, 0.25) is 0 Å². The number of hydrogen-bond acceptors (Lipinski definition) is 3. The second kappa shape index (κ2) is 7.27. The summed E-state index contributed by atoms with van der Waals surface area (Å²) >= 11 is 0. The van der Waals surface area contributed by atoms with Gasteiger partial charge in [-0.2, -0.15) is 5.10 Å². The van der Waals surface area contributed by atoms with Crippen molar-refractivity contribution in [1.29, 1.82) is 0 Å². The summed E-state index contributed by atoms with van der Waals surface area (Å²) < 4.78 is 26.8.